The summed E-state index contributed by atoms with van der Waals surface area (Å²) in [6.45, 7) is 2.19. The Morgan fingerprint density at radius 1 is 1.06 bits per heavy atom. The highest BCUT2D eigenvalue weighted by Gasteiger charge is 2.34. The first-order valence-electron chi connectivity index (χ1n) is 6.46. The SMILES string of the molecule is C1=CCC2CN(c3ncnc4nc[nH]c34)CC2C1. The number of aromatic amines is 1. The first-order chi connectivity index (χ1) is 8.92. The highest BCUT2D eigenvalue weighted by Crippen LogP contribution is 2.35. The molecule has 1 aliphatic heterocycles. The van der Waals surface area contributed by atoms with Crippen molar-refractivity contribution in [2.45, 2.75) is 12.8 Å². The summed E-state index contributed by atoms with van der Waals surface area (Å²) in [6.07, 6.45) is 10.3. The summed E-state index contributed by atoms with van der Waals surface area (Å²) < 4.78 is 0. The molecular weight excluding hydrogens is 226 g/mol. The van der Waals surface area contributed by atoms with Crippen LogP contribution in [0.2, 0.25) is 0 Å². The quantitative estimate of drug-likeness (QED) is 0.773. The highest BCUT2D eigenvalue weighted by molar-refractivity contribution is 5.82. The molecule has 1 aliphatic carbocycles. The predicted molar refractivity (Wildman–Crippen MR) is 69.3 cm³/mol. The van der Waals surface area contributed by atoms with Crippen molar-refractivity contribution >= 4 is 17.0 Å². The minimum absolute atomic E-state index is 0.757. The number of hydrogen-bond acceptors (Lipinski definition) is 4. The molecule has 0 bridgehead atoms. The first-order valence-corrected chi connectivity index (χ1v) is 6.46. The minimum Gasteiger partial charge on any atom is -0.354 e. The van der Waals surface area contributed by atoms with E-state index < -0.39 is 0 Å². The third-order valence-corrected chi connectivity index (χ3v) is 4.12. The lowest BCUT2D eigenvalue weighted by Crippen LogP contribution is -2.21. The van der Waals surface area contributed by atoms with Gasteiger partial charge in [0, 0.05) is 13.1 Å². The van der Waals surface area contributed by atoms with Gasteiger partial charge in [0.05, 0.1) is 6.33 Å². The zero-order chi connectivity index (χ0) is 11.9. The number of nitrogens with zero attached hydrogens (tertiary/aromatic N) is 4. The van der Waals surface area contributed by atoms with Gasteiger partial charge in [0.25, 0.3) is 0 Å². The molecule has 2 aliphatic rings. The number of aromatic nitrogens is 4. The van der Waals surface area contributed by atoms with Crippen molar-refractivity contribution in [1.29, 1.82) is 0 Å². The molecule has 3 heterocycles. The second-order valence-corrected chi connectivity index (χ2v) is 5.17. The lowest BCUT2D eigenvalue weighted by atomic mass is 9.86. The second kappa shape index (κ2) is 3.80. The maximum Gasteiger partial charge on any atom is 0.182 e. The Hall–Kier alpha value is -1.91. The van der Waals surface area contributed by atoms with Gasteiger partial charge in [-0.05, 0) is 24.7 Å². The third-order valence-electron chi connectivity index (χ3n) is 4.12. The zero-order valence-corrected chi connectivity index (χ0v) is 10.1. The number of anilines is 1. The summed E-state index contributed by atoms with van der Waals surface area (Å²) in [5.41, 5.74) is 1.72. The summed E-state index contributed by atoms with van der Waals surface area (Å²) in [5, 5.41) is 0. The Balaban J connectivity index is 1.70. The van der Waals surface area contributed by atoms with Gasteiger partial charge in [-0.2, -0.15) is 0 Å². The van der Waals surface area contributed by atoms with Crippen molar-refractivity contribution in [3.8, 4) is 0 Å². The monoisotopic (exact) mass is 241 g/mol. The molecule has 5 heteroatoms. The fourth-order valence-electron chi connectivity index (χ4n) is 3.18. The van der Waals surface area contributed by atoms with Crippen LogP contribution in [0.25, 0.3) is 11.2 Å². The van der Waals surface area contributed by atoms with E-state index in [2.05, 4.69) is 37.0 Å². The molecule has 0 aromatic carbocycles. The molecule has 4 rings (SSSR count). The fraction of sp³-hybridized carbons (Fsp3) is 0.462. The van der Waals surface area contributed by atoms with Crippen LogP contribution in [0, 0.1) is 11.8 Å². The average molecular weight is 241 g/mol. The molecule has 0 saturated carbocycles. The van der Waals surface area contributed by atoms with Gasteiger partial charge in [-0.25, -0.2) is 15.0 Å². The maximum atomic E-state index is 4.44. The average Bonchev–Trinajstić information content (AvgIpc) is 3.04. The van der Waals surface area contributed by atoms with E-state index in [0.29, 0.717) is 0 Å². The van der Waals surface area contributed by atoms with Crippen molar-refractivity contribution in [3.63, 3.8) is 0 Å². The number of fused-ring (bicyclic) bond motifs is 2. The van der Waals surface area contributed by atoms with E-state index in [0.717, 1.165) is 41.9 Å². The van der Waals surface area contributed by atoms with E-state index in [1.807, 2.05) is 0 Å². The second-order valence-electron chi connectivity index (χ2n) is 5.17. The largest absolute Gasteiger partial charge is 0.354 e. The molecule has 92 valence electrons. The molecule has 0 amide bonds. The van der Waals surface area contributed by atoms with Crippen LogP contribution in [0.4, 0.5) is 5.82 Å². The van der Waals surface area contributed by atoms with E-state index in [4.69, 9.17) is 0 Å². The summed E-state index contributed by atoms with van der Waals surface area (Å²) >= 11 is 0. The zero-order valence-electron chi connectivity index (χ0n) is 10.1. The normalized spacial score (nSPS) is 26.8. The number of allylic oxidation sites excluding steroid dienone is 2. The molecule has 2 aromatic heterocycles. The number of rotatable bonds is 1. The van der Waals surface area contributed by atoms with Crippen LogP contribution < -0.4 is 4.90 Å². The van der Waals surface area contributed by atoms with Gasteiger partial charge in [-0.1, -0.05) is 12.2 Å². The van der Waals surface area contributed by atoms with E-state index in [9.17, 15) is 0 Å². The van der Waals surface area contributed by atoms with Crippen molar-refractivity contribution < 1.29 is 0 Å². The van der Waals surface area contributed by atoms with Gasteiger partial charge in [0.2, 0.25) is 0 Å². The van der Waals surface area contributed by atoms with Crippen LogP contribution in [0.3, 0.4) is 0 Å². The predicted octanol–water partition coefficient (Wildman–Crippen LogP) is 1.76. The first kappa shape index (κ1) is 10.1. The minimum atomic E-state index is 0.757. The highest BCUT2D eigenvalue weighted by atomic mass is 15.2. The molecule has 2 aromatic rings. The molecular formula is C13H15N5. The smallest absolute Gasteiger partial charge is 0.182 e. The van der Waals surface area contributed by atoms with Crippen molar-refractivity contribution in [2.75, 3.05) is 18.0 Å². The summed E-state index contributed by atoms with van der Waals surface area (Å²) in [4.78, 5) is 18.3. The lowest BCUT2D eigenvalue weighted by molar-refractivity contribution is 0.411. The standard InChI is InChI=1S/C13H15N5/c1-2-4-10-6-18(5-9(10)3-1)13-11-12(15-7-14-11)16-8-17-13/h1-2,7-10H,3-6H2,(H,14,15,16,17). The summed E-state index contributed by atoms with van der Waals surface area (Å²) in [5.74, 6) is 2.57. The Morgan fingerprint density at radius 2 is 1.83 bits per heavy atom. The molecule has 1 saturated heterocycles. The van der Waals surface area contributed by atoms with Gasteiger partial charge >= 0.3 is 0 Å². The molecule has 0 radical (unpaired) electrons. The summed E-state index contributed by atoms with van der Waals surface area (Å²) in [7, 11) is 0. The summed E-state index contributed by atoms with van der Waals surface area (Å²) in [6, 6.07) is 0. The molecule has 2 atom stereocenters. The molecule has 5 nitrogen and oxygen atoms in total. The van der Waals surface area contributed by atoms with Crippen LogP contribution in [-0.2, 0) is 0 Å². The number of hydrogen-bond donors (Lipinski definition) is 1. The van der Waals surface area contributed by atoms with Crippen LogP contribution in [0.15, 0.2) is 24.8 Å². The van der Waals surface area contributed by atoms with Crippen molar-refractivity contribution in [1.82, 2.24) is 19.9 Å². The molecule has 0 spiro atoms. The number of H-pyrrole nitrogens is 1. The topological polar surface area (TPSA) is 57.7 Å². The Bertz CT molecular complexity index is 586. The van der Waals surface area contributed by atoms with Crippen LogP contribution >= 0.6 is 0 Å². The van der Waals surface area contributed by atoms with Gasteiger partial charge in [-0.15, -0.1) is 0 Å². The molecule has 1 N–H and O–H groups in total. The van der Waals surface area contributed by atoms with Gasteiger partial charge in [0.15, 0.2) is 11.5 Å². The third kappa shape index (κ3) is 1.43. The van der Waals surface area contributed by atoms with Crippen molar-refractivity contribution in [3.05, 3.63) is 24.8 Å². The van der Waals surface area contributed by atoms with Crippen LogP contribution in [0.5, 0.6) is 0 Å². The Labute approximate surface area is 105 Å². The van der Waals surface area contributed by atoms with Crippen LogP contribution in [-0.4, -0.2) is 33.0 Å². The van der Waals surface area contributed by atoms with Gasteiger partial charge in [-0.3, -0.25) is 0 Å². The van der Waals surface area contributed by atoms with E-state index in [1.54, 1.807) is 12.7 Å². The van der Waals surface area contributed by atoms with E-state index in [-0.39, 0.29) is 0 Å². The number of nitrogens with one attached hydrogen (secondary N) is 1. The Kier molecular flexibility index (Phi) is 2.12. The van der Waals surface area contributed by atoms with E-state index >= 15 is 0 Å². The lowest BCUT2D eigenvalue weighted by Gasteiger charge is -2.17. The fourth-order valence-corrected chi connectivity index (χ4v) is 3.18. The van der Waals surface area contributed by atoms with Crippen LogP contribution in [0.1, 0.15) is 12.8 Å². The molecule has 2 unspecified atom stereocenters. The maximum absolute atomic E-state index is 4.44. The number of imidazole rings is 1. The molecule has 18 heavy (non-hydrogen) atoms. The van der Waals surface area contributed by atoms with Crippen molar-refractivity contribution in [2.24, 2.45) is 11.8 Å². The van der Waals surface area contributed by atoms with Gasteiger partial charge in [0.1, 0.15) is 11.8 Å². The van der Waals surface area contributed by atoms with E-state index in [1.165, 1.54) is 12.8 Å². The van der Waals surface area contributed by atoms with Gasteiger partial charge < -0.3 is 9.88 Å². The Morgan fingerprint density at radius 3 is 2.61 bits per heavy atom. The molecule has 1 fully saturated rings.